The molecule has 0 aliphatic heterocycles. The second kappa shape index (κ2) is 7.39. The van der Waals surface area contributed by atoms with Crippen molar-refractivity contribution >= 4 is 40.0 Å². The molecule has 2 aromatic heterocycles. The van der Waals surface area contributed by atoms with Gasteiger partial charge in [0.15, 0.2) is 11.6 Å². The molecule has 4 aromatic rings. The highest BCUT2D eigenvalue weighted by atomic mass is 35.5. The maximum atomic E-state index is 12.3. The molecule has 1 amide bonds. The highest BCUT2D eigenvalue weighted by Gasteiger charge is 2.30. The number of carbonyl (C=O) groups excluding carboxylic acids is 1. The molecule has 1 aliphatic rings. The summed E-state index contributed by atoms with van der Waals surface area (Å²) in [6.07, 6.45) is 3.49. The van der Waals surface area contributed by atoms with E-state index in [-0.39, 0.29) is 23.5 Å². The van der Waals surface area contributed by atoms with Crippen molar-refractivity contribution in [3.63, 3.8) is 0 Å². The van der Waals surface area contributed by atoms with Gasteiger partial charge in [-0.05, 0) is 31.0 Å². The molecule has 2 aromatic carbocycles. The summed E-state index contributed by atoms with van der Waals surface area (Å²) in [6.45, 7) is 0. The van der Waals surface area contributed by atoms with Gasteiger partial charge in [0.1, 0.15) is 0 Å². The predicted molar refractivity (Wildman–Crippen MR) is 119 cm³/mol. The van der Waals surface area contributed by atoms with Crippen LogP contribution >= 0.6 is 11.6 Å². The monoisotopic (exact) mass is 415 g/mol. The summed E-state index contributed by atoms with van der Waals surface area (Å²) in [6, 6.07) is 17.3. The van der Waals surface area contributed by atoms with Crippen molar-refractivity contribution in [3.05, 3.63) is 65.8 Å². The van der Waals surface area contributed by atoms with E-state index >= 15 is 0 Å². The van der Waals surface area contributed by atoms with Crippen LogP contribution < -0.4 is 11.1 Å². The fourth-order valence-electron chi connectivity index (χ4n) is 3.39. The minimum Gasteiger partial charge on any atom is -0.381 e. The Morgan fingerprint density at radius 1 is 1.00 bits per heavy atom. The van der Waals surface area contributed by atoms with Gasteiger partial charge in [0.2, 0.25) is 5.91 Å². The summed E-state index contributed by atoms with van der Waals surface area (Å²) in [5.74, 6) is 0.406. The van der Waals surface area contributed by atoms with Crippen molar-refractivity contribution in [2.75, 3.05) is 11.1 Å². The number of nitrogen functional groups attached to an aromatic ring is 1. The number of pyridine rings is 1. The maximum Gasteiger partial charge on any atom is 0.228 e. The fraction of sp³-hybridized carbons (Fsp3) is 0.130. The molecule has 0 bridgehead atoms. The number of amides is 1. The number of aromatic nitrogens is 3. The number of fused-ring (bicyclic) bond motifs is 1. The molecule has 0 atom stereocenters. The molecular weight excluding hydrogens is 398 g/mol. The lowest BCUT2D eigenvalue weighted by Crippen LogP contribution is -2.17. The first kappa shape index (κ1) is 18.5. The number of hydrogen-bond donors (Lipinski definition) is 2. The third kappa shape index (κ3) is 3.46. The van der Waals surface area contributed by atoms with E-state index in [1.165, 1.54) is 0 Å². The second-order valence-electron chi connectivity index (χ2n) is 7.32. The van der Waals surface area contributed by atoms with Crippen LogP contribution in [-0.4, -0.2) is 20.9 Å². The molecule has 1 aliphatic carbocycles. The SMILES string of the molecule is Nc1nc(-c2ccccc2)c(-c2cc(Cl)c3ncccc3c2)nc1NC(=O)C1CC1. The zero-order valence-corrected chi connectivity index (χ0v) is 16.7. The van der Waals surface area contributed by atoms with Crippen LogP contribution in [-0.2, 0) is 4.79 Å². The van der Waals surface area contributed by atoms with Crippen LogP contribution in [0.15, 0.2) is 60.8 Å². The number of benzene rings is 2. The van der Waals surface area contributed by atoms with E-state index < -0.39 is 0 Å². The lowest BCUT2D eigenvalue weighted by atomic mass is 10.0. The Labute approximate surface area is 178 Å². The van der Waals surface area contributed by atoms with Crippen molar-refractivity contribution in [2.45, 2.75) is 12.8 Å². The number of nitrogens with zero attached hydrogens (tertiary/aromatic N) is 3. The number of anilines is 2. The predicted octanol–water partition coefficient (Wildman–Crippen LogP) is 4.94. The van der Waals surface area contributed by atoms with Crippen LogP contribution in [0.2, 0.25) is 5.02 Å². The molecule has 1 saturated carbocycles. The zero-order chi connectivity index (χ0) is 20.7. The molecule has 6 nitrogen and oxygen atoms in total. The smallest absolute Gasteiger partial charge is 0.228 e. The van der Waals surface area contributed by atoms with Crippen LogP contribution in [0.5, 0.6) is 0 Å². The van der Waals surface area contributed by atoms with E-state index in [1.54, 1.807) is 6.20 Å². The van der Waals surface area contributed by atoms with Crippen LogP contribution in [0.25, 0.3) is 33.4 Å². The number of carbonyl (C=O) groups is 1. The van der Waals surface area contributed by atoms with Crippen LogP contribution in [0.4, 0.5) is 11.6 Å². The van der Waals surface area contributed by atoms with Gasteiger partial charge in [0.05, 0.1) is 21.9 Å². The third-order valence-corrected chi connectivity index (χ3v) is 5.38. The first-order valence-electron chi connectivity index (χ1n) is 9.68. The lowest BCUT2D eigenvalue weighted by Gasteiger charge is -2.14. The van der Waals surface area contributed by atoms with Gasteiger partial charge in [-0.3, -0.25) is 9.78 Å². The van der Waals surface area contributed by atoms with E-state index in [0.717, 1.165) is 34.9 Å². The Balaban J connectivity index is 1.70. The molecule has 1 fully saturated rings. The van der Waals surface area contributed by atoms with Crippen LogP contribution in [0.1, 0.15) is 12.8 Å². The first-order valence-corrected chi connectivity index (χ1v) is 10.1. The van der Waals surface area contributed by atoms with Gasteiger partial charge < -0.3 is 11.1 Å². The minimum absolute atomic E-state index is 0.0321. The Bertz CT molecular complexity index is 1270. The summed E-state index contributed by atoms with van der Waals surface area (Å²) in [7, 11) is 0. The molecule has 0 unspecified atom stereocenters. The largest absolute Gasteiger partial charge is 0.381 e. The van der Waals surface area contributed by atoms with Gasteiger partial charge in [0.25, 0.3) is 0 Å². The lowest BCUT2D eigenvalue weighted by molar-refractivity contribution is -0.117. The van der Waals surface area contributed by atoms with Crippen molar-refractivity contribution < 1.29 is 4.79 Å². The van der Waals surface area contributed by atoms with Gasteiger partial charge in [0, 0.05) is 28.6 Å². The molecule has 0 spiro atoms. The fourth-order valence-corrected chi connectivity index (χ4v) is 3.66. The first-order chi connectivity index (χ1) is 14.6. The van der Waals surface area contributed by atoms with Gasteiger partial charge in [-0.1, -0.05) is 48.0 Å². The molecule has 5 rings (SSSR count). The summed E-state index contributed by atoms with van der Waals surface area (Å²) < 4.78 is 0. The quantitative estimate of drug-likeness (QED) is 0.492. The molecule has 0 radical (unpaired) electrons. The average molecular weight is 416 g/mol. The normalized spacial score (nSPS) is 13.4. The molecule has 2 heterocycles. The van der Waals surface area contributed by atoms with Crippen molar-refractivity contribution in [2.24, 2.45) is 5.92 Å². The van der Waals surface area contributed by atoms with Gasteiger partial charge in [-0.25, -0.2) is 9.97 Å². The van der Waals surface area contributed by atoms with Gasteiger partial charge in [-0.15, -0.1) is 0 Å². The molecule has 30 heavy (non-hydrogen) atoms. The third-order valence-electron chi connectivity index (χ3n) is 5.09. The second-order valence-corrected chi connectivity index (χ2v) is 7.72. The standard InChI is InChI=1S/C23H18ClN5O/c24-17-12-16(11-15-7-4-10-26-18(15)17)20-19(13-5-2-1-3-6-13)27-21(25)22(28-20)29-23(30)14-8-9-14/h1-7,10-12,14H,8-9H2,(H2,25,27)(H,28,29,30). The minimum atomic E-state index is -0.0739. The molecule has 7 heteroatoms. The number of halogens is 1. The molecule has 0 saturated heterocycles. The zero-order valence-electron chi connectivity index (χ0n) is 16.0. The van der Waals surface area contributed by atoms with Crippen molar-refractivity contribution in [3.8, 4) is 22.5 Å². The summed E-state index contributed by atoms with van der Waals surface area (Å²) >= 11 is 6.51. The molecule has 148 valence electrons. The molecular formula is C23H18ClN5O. The Hall–Kier alpha value is -3.51. The topological polar surface area (TPSA) is 93.8 Å². The van der Waals surface area contributed by atoms with E-state index in [9.17, 15) is 4.79 Å². The summed E-state index contributed by atoms with van der Waals surface area (Å²) in [5.41, 5.74) is 9.74. The van der Waals surface area contributed by atoms with Gasteiger partial charge in [-0.2, -0.15) is 0 Å². The number of nitrogens with one attached hydrogen (secondary N) is 1. The van der Waals surface area contributed by atoms with Gasteiger partial charge >= 0.3 is 0 Å². The highest BCUT2D eigenvalue weighted by molar-refractivity contribution is 6.35. The highest BCUT2D eigenvalue weighted by Crippen LogP contribution is 2.36. The summed E-state index contributed by atoms with van der Waals surface area (Å²) in [5, 5.41) is 4.24. The van der Waals surface area contributed by atoms with E-state index in [4.69, 9.17) is 22.3 Å². The number of rotatable bonds is 4. The maximum absolute atomic E-state index is 12.3. The number of hydrogen-bond acceptors (Lipinski definition) is 5. The average Bonchev–Trinajstić information content (AvgIpc) is 3.61. The Morgan fingerprint density at radius 3 is 2.53 bits per heavy atom. The molecule has 3 N–H and O–H groups in total. The summed E-state index contributed by atoms with van der Waals surface area (Å²) in [4.78, 5) is 26.0. The van der Waals surface area contributed by atoms with E-state index in [0.29, 0.717) is 16.4 Å². The van der Waals surface area contributed by atoms with Crippen LogP contribution in [0.3, 0.4) is 0 Å². The van der Waals surface area contributed by atoms with E-state index in [2.05, 4.69) is 15.3 Å². The Morgan fingerprint density at radius 2 is 1.77 bits per heavy atom. The van der Waals surface area contributed by atoms with Crippen molar-refractivity contribution in [1.29, 1.82) is 0 Å². The number of nitrogens with two attached hydrogens (primary N) is 1. The van der Waals surface area contributed by atoms with Crippen molar-refractivity contribution in [1.82, 2.24) is 15.0 Å². The van der Waals surface area contributed by atoms with Crippen LogP contribution in [0, 0.1) is 5.92 Å². The van der Waals surface area contributed by atoms with E-state index in [1.807, 2.05) is 54.6 Å². The Kier molecular flexibility index (Phi) is 4.56.